The van der Waals surface area contributed by atoms with Crippen molar-refractivity contribution in [2.45, 2.75) is 38.8 Å². The lowest BCUT2D eigenvalue weighted by Gasteiger charge is -2.24. The average molecular weight is 259 g/mol. The van der Waals surface area contributed by atoms with E-state index in [1.807, 2.05) is 6.92 Å². The molecule has 0 bridgehead atoms. The first-order chi connectivity index (χ1) is 9.20. The van der Waals surface area contributed by atoms with Crippen LogP contribution in [0.25, 0.3) is 0 Å². The Kier molecular flexibility index (Phi) is 3.19. The zero-order valence-electron chi connectivity index (χ0n) is 11.6. The van der Waals surface area contributed by atoms with E-state index in [0.29, 0.717) is 6.04 Å². The van der Waals surface area contributed by atoms with E-state index in [4.69, 9.17) is 0 Å². The first-order valence-electron chi connectivity index (χ1n) is 7.15. The highest BCUT2D eigenvalue weighted by molar-refractivity contribution is 6.03. The highest BCUT2D eigenvalue weighted by atomic mass is 16.2. The van der Waals surface area contributed by atoms with E-state index in [0.717, 1.165) is 24.3 Å². The molecule has 4 heteroatoms. The second-order valence-electron chi connectivity index (χ2n) is 5.44. The quantitative estimate of drug-likeness (QED) is 0.875. The average Bonchev–Trinajstić information content (AvgIpc) is 2.94. The Bertz CT molecular complexity index is 500. The van der Waals surface area contributed by atoms with Crippen LogP contribution >= 0.6 is 0 Å². The number of nitrogens with one attached hydrogen (secondary N) is 2. The molecule has 19 heavy (non-hydrogen) atoms. The second kappa shape index (κ2) is 4.85. The van der Waals surface area contributed by atoms with Crippen LogP contribution in [0.4, 0.5) is 11.4 Å². The van der Waals surface area contributed by atoms with E-state index in [1.165, 1.54) is 18.5 Å². The van der Waals surface area contributed by atoms with Crippen LogP contribution < -0.4 is 15.5 Å². The maximum atomic E-state index is 11.9. The number of benzene rings is 1. The Labute approximate surface area is 114 Å². The summed E-state index contributed by atoms with van der Waals surface area (Å²) in [6.07, 6.45) is 2.51. The largest absolute Gasteiger partial charge is 0.369 e. The van der Waals surface area contributed by atoms with Crippen LogP contribution in [0, 0.1) is 0 Å². The van der Waals surface area contributed by atoms with Gasteiger partial charge in [-0.1, -0.05) is 13.0 Å². The maximum absolute atomic E-state index is 11.9. The molecule has 4 nitrogen and oxygen atoms in total. The van der Waals surface area contributed by atoms with Gasteiger partial charge in [-0.2, -0.15) is 0 Å². The Morgan fingerprint density at radius 3 is 3.00 bits per heavy atom. The van der Waals surface area contributed by atoms with Gasteiger partial charge in [0.15, 0.2) is 0 Å². The topological polar surface area (TPSA) is 44.4 Å². The molecule has 2 aliphatic rings. The molecule has 1 saturated heterocycles. The van der Waals surface area contributed by atoms with E-state index >= 15 is 0 Å². The van der Waals surface area contributed by atoms with Crippen molar-refractivity contribution in [2.75, 3.05) is 23.3 Å². The van der Waals surface area contributed by atoms with Crippen LogP contribution in [0.15, 0.2) is 18.2 Å². The Hall–Kier alpha value is -1.55. The fraction of sp³-hybridized carbons (Fsp3) is 0.533. The summed E-state index contributed by atoms with van der Waals surface area (Å²) >= 11 is 0. The van der Waals surface area contributed by atoms with E-state index in [9.17, 15) is 4.79 Å². The summed E-state index contributed by atoms with van der Waals surface area (Å²) in [7, 11) is 0. The van der Waals surface area contributed by atoms with Gasteiger partial charge in [-0.05, 0) is 38.4 Å². The molecule has 0 saturated carbocycles. The second-order valence-corrected chi connectivity index (χ2v) is 5.44. The van der Waals surface area contributed by atoms with Gasteiger partial charge in [-0.25, -0.2) is 0 Å². The van der Waals surface area contributed by atoms with Gasteiger partial charge in [0.2, 0.25) is 5.91 Å². The first-order valence-corrected chi connectivity index (χ1v) is 7.15. The highest BCUT2D eigenvalue weighted by Crippen LogP contribution is 2.35. The van der Waals surface area contributed by atoms with E-state index < -0.39 is 0 Å². The molecule has 3 rings (SSSR count). The van der Waals surface area contributed by atoms with Crippen LogP contribution in [0.2, 0.25) is 0 Å². The number of carbonyl (C=O) groups is 1. The third-order valence-corrected chi connectivity index (χ3v) is 4.16. The summed E-state index contributed by atoms with van der Waals surface area (Å²) in [5.41, 5.74) is 3.26. The molecule has 2 unspecified atom stereocenters. The Balaban J connectivity index is 1.89. The fourth-order valence-corrected chi connectivity index (χ4v) is 3.15. The van der Waals surface area contributed by atoms with E-state index in [2.05, 4.69) is 40.7 Å². The number of likely N-dealkylation sites (N-methyl/N-ethyl adjacent to an activating group) is 1. The van der Waals surface area contributed by atoms with Crippen molar-refractivity contribution in [3.05, 3.63) is 23.8 Å². The normalized spacial score (nSPS) is 25.6. The predicted octanol–water partition coefficient (Wildman–Crippen LogP) is 2.28. The lowest BCUT2D eigenvalue weighted by atomic mass is 10.1. The lowest BCUT2D eigenvalue weighted by molar-refractivity contribution is -0.117. The van der Waals surface area contributed by atoms with Gasteiger partial charge in [-0.3, -0.25) is 4.79 Å². The molecule has 0 aliphatic carbocycles. The van der Waals surface area contributed by atoms with Gasteiger partial charge in [0.1, 0.15) is 6.04 Å². The number of hydrogen-bond acceptors (Lipinski definition) is 3. The van der Waals surface area contributed by atoms with Gasteiger partial charge in [-0.15, -0.1) is 0 Å². The van der Waals surface area contributed by atoms with Crippen LogP contribution in [0.1, 0.15) is 38.3 Å². The van der Waals surface area contributed by atoms with Gasteiger partial charge < -0.3 is 15.5 Å². The van der Waals surface area contributed by atoms with Crippen molar-refractivity contribution in [3.63, 3.8) is 0 Å². The molecule has 2 atom stereocenters. The minimum Gasteiger partial charge on any atom is -0.369 e. The maximum Gasteiger partial charge on any atom is 0.246 e. The third kappa shape index (κ3) is 2.10. The van der Waals surface area contributed by atoms with Crippen molar-refractivity contribution in [1.29, 1.82) is 0 Å². The van der Waals surface area contributed by atoms with Crippen molar-refractivity contribution in [1.82, 2.24) is 5.32 Å². The summed E-state index contributed by atoms with van der Waals surface area (Å²) in [4.78, 5) is 14.4. The summed E-state index contributed by atoms with van der Waals surface area (Å²) in [6, 6.07) is 6.75. The molecule has 1 aromatic carbocycles. The van der Waals surface area contributed by atoms with Gasteiger partial charge in [0.25, 0.3) is 0 Å². The summed E-state index contributed by atoms with van der Waals surface area (Å²) in [5, 5.41) is 6.21. The van der Waals surface area contributed by atoms with E-state index in [-0.39, 0.29) is 11.9 Å². The van der Waals surface area contributed by atoms with Crippen molar-refractivity contribution in [3.8, 4) is 0 Å². The highest BCUT2D eigenvalue weighted by Gasteiger charge is 2.30. The number of nitrogens with zero attached hydrogens (tertiary/aromatic N) is 1. The zero-order valence-corrected chi connectivity index (χ0v) is 11.6. The first kappa shape index (κ1) is 12.5. The number of amides is 1. The summed E-state index contributed by atoms with van der Waals surface area (Å²) < 4.78 is 0. The summed E-state index contributed by atoms with van der Waals surface area (Å²) in [6.45, 7) is 6.19. The van der Waals surface area contributed by atoms with Crippen LogP contribution in [-0.2, 0) is 4.79 Å². The SMILES string of the molecule is CCNC1C(=O)Nc2cc(N3CCCC3C)ccc21. The molecule has 0 aromatic heterocycles. The van der Waals surface area contributed by atoms with E-state index in [1.54, 1.807) is 0 Å². The standard InChI is InChI=1S/C15H21N3O/c1-3-16-14-12-7-6-11(9-13(12)17-15(14)19)18-8-4-5-10(18)2/h6-7,9-10,14,16H,3-5,8H2,1-2H3,(H,17,19). The molecular formula is C15H21N3O. The molecule has 1 aromatic rings. The molecule has 2 heterocycles. The number of carbonyl (C=O) groups excluding carboxylic acids is 1. The third-order valence-electron chi connectivity index (χ3n) is 4.16. The predicted molar refractivity (Wildman–Crippen MR) is 77.5 cm³/mol. The van der Waals surface area contributed by atoms with Crippen LogP contribution in [0.3, 0.4) is 0 Å². The van der Waals surface area contributed by atoms with Gasteiger partial charge >= 0.3 is 0 Å². The molecule has 1 fully saturated rings. The molecule has 2 aliphatic heterocycles. The molecule has 102 valence electrons. The fourth-order valence-electron chi connectivity index (χ4n) is 3.15. The number of anilines is 2. The molecule has 2 N–H and O–H groups in total. The van der Waals surface area contributed by atoms with Gasteiger partial charge in [0.05, 0.1) is 0 Å². The van der Waals surface area contributed by atoms with Crippen molar-refractivity contribution < 1.29 is 4.79 Å². The molecule has 0 radical (unpaired) electrons. The zero-order chi connectivity index (χ0) is 13.4. The number of rotatable bonds is 3. The van der Waals surface area contributed by atoms with Crippen LogP contribution in [-0.4, -0.2) is 25.0 Å². The molecule has 1 amide bonds. The monoisotopic (exact) mass is 259 g/mol. The Morgan fingerprint density at radius 2 is 2.32 bits per heavy atom. The smallest absolute Gasteiger partial charge is 0.246 e. The number of hydrogen-bond donors (Lipinski definition) is 2. The van der Waals surface area contributed by atoms with Crippen molar-refractivity contribution in [2.24, 2.45) is 0 Å². The number of fused-ring (bicyclic) bond motifs is 1. The Morgan fingerprint density at radius 1 is 1.47 bits per heavy atom. The summed E-state index contributed by atoms with van der Waals surface area (Å²) in [5.74, 6) is 0.0588. The minimum atomic E-state index is -0.190. The lowest BCUT2D eigenvalue weighted by Crippen LogP contribution is -2.27. The van der Waals surface area contributed by atoms with Crippen molar-refractivity contribution >= 4 is 17.3 Å². The minimum absolute atomic E-state index is 0.0588. The van der Waals surface area contributed by atoms with Gasteiger partial charge in [0, 0.05) is 29.5 Å². The van der Waals surface area contributed by atoms with Crippen LogP contribution in [0.5, 0.6) is 0 Å². The molecule has 0 spiro atoms. The molecular weight excluding hydrogens is 238 g/mol.